The van der Waals surface area contributed by atoms with Gasteiger partial charge in [0.25, 0.3) is 5.91 Å². The summed E-state index contributed by atoms with van der Waals surface area (Å²) in [6, 6.07) is 9.35. The zero-order chi connectivity index (χ0) is 23.1. The SMILES string of the molecule is CCOc1cc(C=CC(=O)NC2CCN(C(=O)c3ccccc3F)CC2)cc(Cl)c1OC. The molecule has 2 amide bonds. The van der Waals surface area contributed by atoms with E-state index in [-0.39, 0.29) is 23.4 Å². The number of carbonyl (C=O) groups is 2. The molecule has 0 saturated carbocycles. The van der Waals surface area contributed by atoms with Gasteiger partial charge in [0, 0.05) is 25.2 Å². The van der Waals surface area contributed by atoms with Gasteiger partial charge in [0.1, 0.15) is 5.82 Å². The lowest BCUT2D eigenvalue weighted by atomic mass is 10.0. The Kier molecular flexibility index (Phi) is 8.11. The van der Waals surface area contributed by atoms with Crippen LogP contribution in [0.3, 0.4) is 0 Å². The molecule has 1 aliphatic rings. The van der Waals surface area contributed by atoms with Crippen LogP contribution in [0.25, 0.3) is 6.08 Å². The number of benzene rings is 2. The number of piperidine rings is 1. The third-order valence-corrected chi connectivity index (χ3v) is 5.48. The van der Waals surface area contributed by atoms with Crippen molar-refractivity contribution in [2.24, 2.45) is 0 Å². The summed E-state index contributed by atoms with van der Waals surface area (Å²) in [6.07, 6.45) is 4.29. The minimum atomic E-state index is -0.524. The van der Waals surface area contributed by atoms with Gasteiger partial charge in [0.05, 0.1) is 24.3 Å². The lowest BCUT2D eigenvalue weighted by molar-refractivity contribution is -0.117. The molecule has 32 heavy (non-hydrogen) atoms. The number of hydrogen-bond acceptors (Lipinski definition) is 4. The van der Waals surface area contributed by atoms with Crippen molar-refractivity contribution in [3.63, 3.8) is 0 Å². The fourth-order valence-corrected chi connectivity index (χ4v) is 3.89. The Morgan fingerprint density at radius 1 is 1.25 bits per heavy atom. The molecule has 0 aliphatic carbocycles. The van der Waals surface area contributed by atoms with Gasteiger partial charge in [0.2, 0.25) is 5.91 Å². The second-order valence-electron chi connectivity index (χ2n) is 7.36. The van der Waals surface area contributed by atoms with E-state index in [1.807, 2.05) is 6.92 Å². The summed E-state index contributed by atoms with van der Waals surface area (Å²) in [5.74, 6) is -0.131. The third-order valence-electron chi connectivity index (χ3n) is 5.20. The molecule has 0 bridgehead atoms. The van der Waals surface area contributed by atoms with Crippen LogP contribution < -0.4 is 14.8 Å². The first kappa shape index (κ1) is 23.6. The Hall–Kier alpha value is -3.06. The monoisotopic (exact) mass is 460 g/mol. The maximum atomic E-state index is 13.9. The van der Waals surface area contributed by atoms with Gasteiger partial charge in [-0.2, -0.15) is 0 Å². The van der Waals surface area contributed by atoms with E-state index < -0.39 is 5.82 Å². The molecule has 0 atom stereocenters. The molecule has 1 heterocycles. The highest BCUT2D eigenvalue weighted by atomic mass is 35.5. The van der Waals surface area contributed by atoms with Crippen LogP contribution in [0.2, 0.25) is 5.02 Å². The van der Waals surface area contributed by atoms with Gasteiger partial charge in [-0.15, -0.1) is 0 Å². The molecule has 0 spiro atoms. The van der Waals surface area contributed by atoms with Gasteiger partial charge in [-0.3, -0.25) is 9.59 Å². The average Bonchev–Trinajstić information content (AvgIpc) is 2.78. The number of hydrogen-bond donors (Lipinski definition) is 1. The molecule has 1 fully saturated rings. The van der Waals surface area contributed by atoms with Gasteiger partial charge in [-0.05, 0) is 55.7 Å². The van der Waals surface area contributed by atoms with Crippen LogP contribution in [0.15, 0.2) is 42.5 Å². The van der Waals surface area contributed by atoms with Crippen LogP contribution in [-0.4, -0.2) is 49.6 Å². The van der Waals surface area contributed by atoms with Crippen molar-refractivity contribution in [3.8, 4) is 11.5 Å². The van der Waals surface area contributed by atoms with Crippen LogP contribution in [0, 0.1) is 5.82 Å². The fraction of sp³-hybridized carbons (Fsp3) is 0.333. The molecule has 170 valence electrons. The summed E-state index contributed by atoms with van der Waals surface area (Å²) in [4.78, 5) is 26.5. The Morgan fingerprint density at radius 3 is 2.62 bits per heavy atom. The first-order chi connectivity index (χ1) is 15.4. The normalized spacial score (nSPS) is 14.4. The largest absolute Gasteiger partial charge is 0.491 e. The summed E-state index contributed by atoms with van der Waals surface area (Å²) in [5.41, 5.74) is 0.780. The molecule has 1 saturated heterocycles. The molecule has 8 heteroatoms. The molecular formula is C24H26ClFN2O4. The van der Waals surface area contributed by atoms with Crippen LogP contribution in [0.4, 0.5) is 4.39 Å². The highest BCUT2D eigenvalue weighted by Crippen LogP contribution is 2.36. The lowest BCUT2D eigenvalue weighted by Gasteiger charge is -2.32. The predicted molar refractivity (Wildman–Crippen MR) is 122 cm³/mol. The van der Waals surface area contributed by atoms with E-state index >= 15 is 0 Å². The van der Waals surface area contributed by atoms with Gasteiger partial charge in [-0.25, -0.2) is 4.39 Å². The molecule has 6 nitrogen and oxygen atoms in total. The van der Waals surface area contributed by atoms with Crippen molar-refractivity contribution in [3.05, 3.63) is 64.4 Å². The topological polar surface area (TPSA) is 67.9 Å². The van der Waals surface area contributed by atoms with Crippen molar-refractivity contribution >= 4 is 29.5 Å². The Labute approximate surface area is 192 Å². The number of nitrogens with zero attached hydrogens (tertiary/aromatic N) is 1. The van der Waals surface area contributed by atoms with Gasteiger partial charge < -0.3 is 19.7 Å². The van der Waals surface area contributed by atoms with Gasteiger partial charge in [-0.1, -0.05) is 23.7 Å². The molecule has 2 aromatic carbocycles. The van der Waals surface area contributed by atoms with Crippen LogP contribution in [0.5, 0.6) is 11.5 Å². The number of likely N-dealkylation sites (tertiary alicyclic amines) is 1. The first-order valence-electron chi connectivity index (χ1n) is 10.5. The van der Waals surface area contributed by atoms with E-state index in [1.165, 1.54) is 25.3 Å². The zero-order valence-corrected chi connectivity index (χ0v) is 18.8. The van der Waals surface area contributed by atoms with Crippen molar-refractivity contribution < 1.29 is 23.5 Å². The van der Waals surface area contributed by atoms with E-state index in [0.717, 1.165) is 0 Å². The number of nitrogens with one attached hydrogen (secondary N) is 1. The molecule has 0 aromatic heterocycles. The van der Waals surface area contributed by atoms with Crippen molar-refractivity contribution in [1.29, 1.82) is 0 Å². The lowest BCUT2D eigenvalue weighted by Crippen LogP contribution is -2.46. The number of ether oxygens (including phenoxy) is 2. The molecular weight excluding hydrogens is 435 g/mol. The van der Waals surface area contributed by atoms with E-state index in [0.29, 0.717) is 54.6 Å². The summed E-state index contributed by atoms with van der Waals surface area (Å²) in [5, 5.41) is 3.34. The second-order valence-corrected chi connectivity index (χ2v) is 7.76. The smallest absolute Gasteiger partial charge is 0.256 e. The number of carbonyl (C=O) groups excluding carboxylic acids is 2. The van der Waals surface area contributed by atoms with E-state index in [2.05, 4.69) is 5.32 Å². The number of halogens is 2. The van der Waals surface area contributed by atoms with Crippen molar-refractivity contribution in [2.75, 3.05) is 26.8 Å². The highest BCUT2D eigenvalue weighted by Gasteiger charge is 2.25. The van der Waals surface area contributed by atoms with Crippen molar-refractivity contribution in [2.45, 2.75) is 25.8 Å². The van der Waals surface area contributed by atoms with Crippen LogP contribution in [-0.2, 0) is 4.79 Å². The molecule has 0 unspecified atom stereocenters. The molecule has 1 N–H and O–H groups in total. The number of rotatable bonds is 7. The van der Waals surface area contributed by atoms with E-state index in [9.17, 15) is 14.0 Å². The Morgan fingerprint density at radius 2 is 1.97 bits per heavy atom. The summed E-state index contributed by atoms with van der Waals surface area (Å²) >= 11 is 6.24. The summed E-state index contributed by atoms with van der Waals surface area (Å²) in [6.45, 7) is 3.22. The van der Waals surface area contributed by atoms with Crippen LogP contribution in [0.1, 0.15) is 35.7 Å². The summed E-state index contributed by atoms with van der Waals surface area (Å²) < 4.78 is 24.7. The third kappa shape index (κ3) is 5.79. The van der Waals surface area contributed by atoms with E-state index in [4.69, 9.17) is 21.1 Å². The molecule has 2 aromatic rings. The quantitative estimate of drug-likeness (QED) is 0.625. The maximum Gasteiger partial charge on any atom is 0.256 e. The molecule has 3 rings (SSSR count). The standard InChI is InChI=1S/C24H26ClFN2O4/c1-3-32-21-15-16(14-19(25)23(21)31-2)8-9-22(29)27-17-10-12-28(13-11-17)24(30)18-6-4-5-7-20(18)26/h4-9,14-15,17H,3,10-13H2,1-2H3,(H,27,29). The zero-order valence-electron chi connectivity index (χ0n) is 18.1. The highest BCUT2D eigenvalue weighted by molar-refractivity contribution is 6.32. The maximum absolute atomic E-state index is 13.9. The molecule has 0 radical (unpaired) electrons. The predicted octanol–water partition coefficient (Wildman–Crippen LogP) is 4.32. The first-order valence-corrected chi connectivity index (χ1v) is 10.8. The second kappa shape index (κ2) is 11.0. The van der Waals surface area contributed by atoms with Gasteiger partial charge in [0.15, 0.2) is 11.5 Å². The average molecular weight is 461 g/mol. The van der Waals surface area contributed by atoms with Gasteiger partial charge >= 0.3 is 0 Å². The minimum absolute atomic E-state index is 0.0599. The Bertz CT molecular complexity index is 1000. The summed E-state index contributed by atoms with van der Waals surface area (Å²) in [7, 11) is 1.52. The van der Waals surface area contributed by atoms with Crippen LogP contribution >= 0.6 is 11.6 Å². The Balaban J connectivity index is 1.55. The number of amides is 2. The molecule has 1 aliphatic heterocycles. The van der Waals surface area contributed by atoms with E-state index in [1.54, 1.807) is 35.2 Å². The minimum Gasteiger partial charge on any atom is -0.491 e. The number of methoxy groups -OCH3 is 1. The van der Waals surface area contributed by atoms with Crippen molar-refractivity contribution in [1.82, 2.24) is 10.2 Å². The fourth-order valence-electron chi connectivity index (χ4n) is 3.60.